The highest BCUT2D eigenvalue weighted by Crippen LogP contribution is 1.88. The van der Waals surface area contributed by atoms with Crippen molar-refractivity contribution in [2.45, 2.75) is 19.8 Å². The van der Waals surface area contributed by atoms with Gasteiger partial charge in [0, 0.05) is 29.0 Å². The van der Waals surface area contributed by atoms with Crippen molar-refractivity contribution in [2.75, 3.05) is 0 Å². The summed E-state index contributed by atoms with van der Waals surface area (Å²) in [5, 5.41) is 0. The van der Waals surface area contributed by atoms with Crippen molar-refractivity contribution >= 4 is 22.6 Å². The molecule has 0 aliphatic heterocycles. The Hall–Kier alpha value is 0.290. The highest BCUT2D eigenvalue weighted by atomic mass is 127. The van der Waals surface area contributed by atoms with Crippen LogP contribution in [0.1, 0.15) is 19.8 Å². The van der Waals surface area contributed by atoms with Crippen LogP contribution in [0.25, 0.3) is 0 Å². The van der Waals surface area contributed by atoms with E-state index in [9.17, 15) is 0 Å². The van der Waals surface area contributed by atoms with Gasteiger partial charge in [0.15, 0.2) is 0 Å². The van der Waals surface area contributed by atoms with Gasteiger partial charge < -0.3 is 0 Å². The molecule has 0 nitrogen and oxygen atoms in total. The number of halogens is 1. The minimum absolute atomic E-state index is 0.944. The zero-order chi connectivity index (χ0) is 5.54. The lowest BCUT2D eigenvalue weighted by Gasteiger charge is -1.79. The molecule has 39 valence electrons. The van der Waals surface area contributed by atoms with Gasteiger partial charge in [0.2, 0.25) is 0 Å². The van der Waals surface area contributed by atoms with Crippen molar-refractivity contribution in [3.8, 4) is 9.85 Å². The Morgan fingerprint density at radius 3 is 2.86 bits per heavy atom. The molecule has 7 heavy (non-hydrogen) atoms. The molecule has 0 fully saturated rings. The fourth-order valence-corrected chi connectivity index (χ4v) is 0.475. The molecule has 0 aromatic carbocycles. The Labute approximate surface area is 58.8 Å². The Kier molecular flexibility index (Phi) is 6.55. The molecule has 0 saturated heterocycles. The summed E-state index contributed by atoms with van der Waals surface area (Å²) in [5.74, 6) is 2.93. The van der Waals surface area contributed by atoms with Gasteiger partial charge in [-0.1, -0.05) is 19.3 Å². The van der Waals surface area contributed by atoms with Gasteiger partial charge in [0.05, 0.1) is 0 Å². The van der Waals surface area contributed by atoms with Crippen LogP contribution in [0, 0.1) is 16.3 Å². The van der Waals surface area contributed by atoms with Crippen molar-refractivity contribution in [3.63, 3.8) is 0 Å². The van der Waals surface area contributed by atoms with E-state index in [-0.39, 0.29) is 0 Å². The molecule has 0 saturated carbocycles. The number of hydrogen-bond acceptors (Lipinski definition) is 0. The van der Waals surface area contributed by atoms with E-state index < -0.39 is 0 Å². The van der Waals surface area contributed by atoms with E-state index in [0.29, 0.717) is 0 Å². The van der Waals surface area contributed by atoms with E-state index in [0.717, 1.165) is 12.8 Å². The number of hydrogen-bond donors (Lipinski definition) is 0. The molecule has 0 aromatic heterocycles. The van der Waals surface area contributed by atoms with Crippen LogP contribution in [0.3, 0.4) is 0 Å². The van der Waals surface area contributed by atoms with Crippen LogP contribution >= 0.6 is 22.6 Å². The largest absolute Gasteiger partial charge is 0.0916 e. The maximum absolute atomic E-state index is 2.93. The molecule has 0 amide bonds. The van der Waals surface area contributed by atoms with E-state index in [1.165, 1.54) is 0 Å². The van der Waals surface area contributed by atoms with Crippen LogP contribution in [-0.2, 0) is 0 Å². The molecule has 1 heteroatoms. The zero-order valence-corrected chi connectivity index (χ0v) is 6.53. The lowest BCUT2D eigenvalue weighted by atomic mass is 10.3. The third-order valence-corrected chi connectivity index (χ3v) is 0.983. The van der Waals surface area contributed by atoms with Gasteiger partial charge in [-0.2, -0.15) is 0 Å². The zero-order valence-electron chi connectivity index (χ0n) is 4.37. The second-order valence-corrected chi connectivity index (χ2v) is 1.71. The van der Waals surface area contributed by atoms with E-state index in [1.807, 2.05) is 22.6 Å². The monoisotopic (exact) mass is 207 g/mol. The molecule has 0 N–H and O–H groups in total. The van der Waals surface area contributed by atoms with Crippen LogP contribution in [0.5, 0.6) is 0 Å². The van der Waals surface area contributed by atoms with Crippen molar-refractivity contribution in [1.82, 2.24) is 0 Å². The van der Waals surface area contributed by atoms with Gasteiger partial charge in [-0.25, -0.2) is 0 Å². The van der Waals surface area contributed by atoms with E-state index in [2.05, 4.69) is 23.2 Å². The van der Waals surface area contributed by atoms with Crippen LogP contribution in [0.4, 0.5) is 0 Å². The van der Waals surface area contributed by atoms with Gasteiger partial charge in [-0.3, -0.25) is 0 Å². The van der Waals surface area contributed by atoms with Gasteiger partial charge >= 0.3 is 0 Å². The van der Waals surface area contributed by atoms with Crippen molar-refractivity contribution in [3.05, 3.63) is 6.42 Å². The fourth-order valence-electron chi connectivity index (χ4n) is 0.255. The van der Waals surface area contributed by atoms with E-state index in [1.54, 1.807) is 0 Å². The SMILES string of the molecule is CC[CH]CC#CI. The highest BCUT2D eigenvalue weighted by Gasteiger charge is 1.73. The van der Waals surface area contributed by atoms with Gasteiger partial charge in [0.1, 0.15) is 0 Å². The summed E-state index contributed by atoms with van der Waals surface area (Å²) in [7, 11) is 0. The number of rotatable bonds is 2. The minimum atomic E-state index is 0.944. The van der Waals surface area contributed by atoms with Crippen LogP contribution in [-0.4, -0.2) is 0 Å². The van der Waals surface area contributed by atoms with E-state index >= 15 is 0 Å². The number of unbranched alkanes of at least 4 members (excludes halogenated alkanes) is 2. The topological polar surface area (TPSA) is 0 Å². The van der Waals surface area contributed by atoms with Crippen LogP contribution in [0.15, 0.2) is 0 Å². The van der Waals surface area contributed by atoms with Crippen LogP contribution < -0.4 is 0 Å². The summed E-state index contributed by atoms with van der Waals surface area (Å²) in [4.78, 5) is 0. The standard InChI is InChI=1S/C6H8I/c1-2-3-4-5-6-7/h3H,2,4H2,1H3. The smallest absolute Gasteiger partial charge is 0.0181 e. The lowest BCUT2D eigenvalue weighted by molar-refractivity contribution is 1.04. The first kappa shape index (κ1) is 7.29. The average Bonchev–Trinajstić information content (AvgIpc) is 1.69. The quantitative estimate of drug-likeness (QED) is 0.370. The van der Waals surface area contributed by atoms with Crippen molar-refractivity contribution < 1.29 is 0 Å². The molecular formula is C6H8I. The second kappa shape index (κ2) is 6.29. The molecule has 0 aliphatic rings. The summed E-state index contributed by atoms with van der Waals surface area (Å²) in [6.07, 6.45) is 4.23. The van der Waals surface area contributed by atoms with E-state index in [4.69, 9.17) is 0 Å². The van der Waals surface area contributed by atoms with Crippen molar-refractivity contribution in [1.29, 1.82) is 0 Å². The third kappa shape index (κ3) is 6.29. The fraction of sp³-hybridized carbons (Fsp3) is 0.500. The van der Waals surface area contributed by atoms with Gasteiger partial charge in [-0.05, 0) is 10.3 Å². The maximum Gasteiger partial charge on any atom is 0.0181 e. The Balaban J connectivity index is 2.78. The summed E-state index contributed by atoms with van der Waals surface area (Å²) in [6.45, 7) is 2.12. The summed E-state index contributed by atoms with van der Waals surface area (Å²) >= 11 is 2.05. The normalized spacial score (nSPS) is 7.14. The Morgan fingerprint density at radius 1 is 1.71 bits per heavy atom. The minimum Gasteiger partial charge on any atom is -0.0916 e. The highest BCUT2D eigenvalue weighted by molar-refractivity contribution is 14.1. The Bertz CT molecular complexity index is 75.9. The predicted octanol–water partition coefficient (Wildman–Crippen LogP) is 2.39. The first-order valence-corrected chi connectivity index (χ1v) is 3.39. The summed E-state index contributed by atoms with van der Waals surface area (Å²) < 4.78 is 2.79. The third-order valence-electron chi connectivity index (χ3n) is 0.602. The van der Waals surface area contributed by atoms with Crippen molar-refractivity contribution in [2.24, 2.45) is 0 Å². The second-order valence-electron chi connectivity index (χ2n) is 1.17. The van der Waals surface area contributed by atoms with Gasteiger partial charge in [0.25, 0.3) is 0 Å². The molecular weight excluding hydrogens is 199 g/mol. The molecule has 0 aromatic rings. The average molecular weight is 207 g/mol. The molecule has 0 rings (SSSR count). The van der Waals surface area contributed by atoms with Gasteiger partial charge in [-0.15, -0.1) is 0 Å². The molecule has 1 radical (unpaired) electrons. The first-order valence-electron chi connectivity index (χ1n) is 2.32. The van der Waals surface area contributed by atoms with Crippen LogP contribution in [0.2, 0.25) is 0 Å². The molecule has 0 spiro atoms. The molecule has 0 heterocycles. The molecule has 0 atom stereocenters. The summed E-state index contributed by atoms with van der Waals surface area (Å²) in [5.41, 5.74) is 0. The maximum atomic E-state index is 2.93. The summed E-state index contributed by atoms with van der Waals surface area (Å²) in [6, 6.07) is 0. The Morgan fingerprint density at radius 2 is 2.43 bits per heavy atom. The lowest BCUT2D eigenvalue weighted by Crippen LogP contribution is -1.65. The molecule has 0 bridgehead atoms. The molecule has 0 aliphatic carbocycles. The predicted molar refractivity (Wildman–Crippen MR) is 41.0 cm³/mol. The first-order chi connectivity index (χ1) is 3.41. The molecule has 0 unspecified atom stereocenters.